The molecule has 2 nitrogen and oxygen atoms in total. The number of benzene rings is 1. The van der Waals surface area contributed by atoms with Gasteiger partial charge in [-0.05, 0) is 26.3 Å². The van der Waals surface area contributed by atoms with Crippen molar-refractivity contribution in [1.82, 2.24) is 5.32 Å². The van der Waals surface area contributed by atoms with Gasteiger partial charge in [0.25, 0.3) is 0 Å². The molecule has 18 heavy (non-hydrogen) atoms. The lowest BCUT2D eigenvalue weighted by molar-refractivity contribution is -0.121. The summed E-state index contributed by atoms with van der Waals surface area (Å²) in [5.74, 6) is -2.25. The van der Waals surface area contributed by atoms with Crippen molar-refractivity contribution in [3.63, 3.8) is 0 Å². The molecule has 0 bridgehead atoms. The zero-order valence-corrected chi connectivity index (χ0v) is 11.1. The zero-order chi connectivity index (χ0) is 13.7. The van der Waals surface area contributed by atoms with Crippen LogP contribution in [0.4, 0.5) is 8.78 Å². The summed E-state index contributed by atoms with van der Waals surface area (Å²) in [5, 5.41) is 2.64. The number of halogens is 3. The molecule has 5 heteroatoms. The predicted octanol–water partition coefficient (Wildman–Crippen LogP) is 3.03. The quantitative estimate of drug-likeness (QED) is 0.823. The summed E-state index contributed by atoms with van der Waals surface area (Å²) < 4.78 is 26.3. The van der Waals surface area contributed by atoms with Crippen molar-refractivity contribution >= 4 is 17.5 Å². The Bertz CT molecular complexity index is 423. The lowest BCUT2D eigenvalue weighted by Gasteiger charge is -2.15. The third-order valence-corrected chi connectivity index (χ3v) is 2.65. The van der Waals surface area contributed by atoms with E-state index in [0.29, 0.717) is 6.42 Å². The second-order valence-corrected chi connectivity index (χ2v) is 5.12. The van der Waals surface area contributed by atoms with Gasteiger partial charge in [-0.15, -0.1) is 11.6 Å². The number of carbonyl (C=O) groups is 1. The first kappa shape index (κ1) is 14.9. The number of hydrogen-bond donors (Lipinski definition) is 1. The minimum absolute atomic E-state index is 0.0498. The Kier molecular flexibility index (Phi) is 5.54. The molecule has 0 aliphatic carbocycles. The van der Waals surface area contributed by atoms with Crippen LogP contribution in [0.5, 0.6) is 0 Å². The molecule has 100 valence electrons. The Morgan fingerprint density at radius 1 is 1.39 bits per heavy atom. The molecule has 0 fully saturated rings. The van der Waals surface area contributed by atoms with E-state index in [4.69, 9.17) is 11.6 Å². The van der Waals surface area contributed by atoms with Crippen LogP contribution in [-0.2, 0) is 11.2 Å². The van der Waals surface area contributed by atoms with E-state index in [-0.39, 0.29) is 29.3 Å². The van der Waals surface area contributed by atoms with Gasteiger partial charge in [-0.25, -0.2) is 8.78 Å². The molecule has 0 aliphatic rings. The smallest absolute Gasteiger partial charge is 0.224 e. The Morgan fingerprint density at radius 2 is 2.06 bits per heavy atom. The third-order valence-electron chi connectivity index (χ3n) is 2.47. The van der Waals surface area contributed by atoms with Gasteiger partial charge in [-0.2, -0.15) is 0 Å². The van der Waals surface area contributed by atoms with Crippen LogP contribution in [0.1, 0.15) is 25.8 Å². The molecule has 0 spiro atoms. The summed E-state index contributed by atoms with van der Waals surface area (Å²) in [7, 11) is 0. The molecular formula is C13H16ClF2NO. The topological polar surface area (TPSA) is 29.1 Å². The molecule has 1 N–H and O–H groups in total. The zero-order valence-electron chi connectivity index (χ0n) is 10.3. The molecule has 2 unspecified atom stereocenters. The van der Waals surface area contributed by atoms with Gasteiger partial charge in [0.1, 0.15) is 0 Å². The van der Waals surface area contributed by atoms with E-state index in [2.05, 4.69) is 5.32 Å². The molecule has 1 rings (SSSR count). The van der Waals surface area contributed by atoms with E-state index in [1.807, 2.05) is 13.8 Å². The predicted molar refractivity (Wildman–Crippen MR) is 67.6 cm³/mol. The number of amides is 1. The fourth-order valence-electron chi connectivity index (χ4n) is 1.73. The van der Waals surface area contributed by atoms with E-state index >= 15 is 0 Å². The van der Waals surface area contributed by atoms with E-state index in [1.165, 1.54) is 12.1 Å². The summed E-state index contributed by atoms with van der Waals surface area (Å²) in [5.41, 5.74) is 0.0543. The van der Waals surface area contributed by atoms with E-state index in [1.54, 1.807) is 0 Å². The molecule has 1 amide bonds. The third kappa shape index (κ3) is 4.61. The lowest BCUT2D eigenvalue weighted by Crippen LogP contribution is -2.35. The van der Waals surface area contributed by atoms with E-state index in [9.17, 15) is 13.6 Å². The largest absolute Gasteiger partial charge is 0.353 e. The Hall–Kier alpha value is -1.16. The molecule has 0 saturated heterocycles. The van der Waals surface area contributed by atoms with E-state index in [0.717, 1.165) is 6.07 Å². The summed E-state index contributed by atoms with van der Waals surface area (Å²) in [6, 6.07) is 3.70. The Morgan fingerprint density at radius 3 is 2.67 bits per heavy atom. The molecule has 0 heterocycles. The number of alkyl halides is 1. The van der Waals surface area contributed by atoms with Crippen molar-refractivity contribution in [2.24, 2.45) is 0 Å². The average molecular weight is 276 g/mol. The second-order valence-electron chi connectivity index (χ2n) is 4.37. The van der Waals surface area contributed by atoms with Crippen molar-refractivity contribution in [3.8, 4) is 0 Å². The molecule has 0 saturated carbocycles. The maximum absolute atomic E-state index is 13.3. The minimum Gasteiger partial charge on any atom is -0.353 e. The van der Waals surface area contributed by atoms with Crippen molar-refractivity contribution in [3.05, 3.63) is 35.4 Å². The van der Waals surface area contributed by atoms with Crippen LogP contribution >= 0.6 is 11.6 Å². The van der Waals surface area contributed by atoms with Gasteiger partial charge in [0.05, 0.1) is 6.42 Å². The SMILES string of the molecule is CC(Cl)CC(C)NC(=O)Cc1cccc(F)c1F. The highest BCUT2D eigenvalue weighted by Gasteiger charge is 2.14. The Balaban J connectivity index is 2.57. The molecule has 1 aromatic rings. The van der Waals surface area contributed by atoms with Gasteiger partial charge in [0.2, 0.25) is 5.91 Å². The summed E-state index contributed by atoms with van der Waals surface area (Å²) in [6.45, 7) is 3.65. The average Bonchev–Trinajstić information content (AvgIpc) is 2.23. The van der Waals surface area contributed by atoms with Crippen LogP contribution in [0, 0.1) is 11.6 Å². The maximum Gasteiger partial charge on any atom is 0.224 e. The fraction of sp³-hybridized carbons (Fsp3) is 0.462. The van der Waals surface area contributed by atoms with Gasteiger partial charge < -0.3 is 5.32 Å². The highest BCUT2D eigenvalue weighted by Crippen LogP contribution is 2.12. The molecule has 2 atom stereocenters. The minimum atomic E-state index is -0.967. The summed E-state index contributed by atoms with van der Waals surface area (Å²) in [6.07, 6.45) is 0.448. The monoisotopic (exact) mass is 275 g/mol. The summed E-state index contributed by atoms with van der Waals surface area (Å²) >= 11 is 5.80. The highest BCUT2D eigenvalue weighted by atomic mass is 35.5. The van der Waals surface area contributed by atoms with Crippen LogP contribution in [0.3, 0.4) is 0 Å². The van der Waals surface area contributed by atoms with Gasteiger partial charge in [0.15, 0.2) is 11.6 Å². The lowest BCUT2D eigenvalue weighted by atomic mass is 10.1. The van der Waals surface area contributed by atoms with Gasteiger partial charge in [-0.1, -0.05) is 12.1 Å². The standard InChI is InChI=1S/C13H16ClF2NO/c1-8(14)6-9(2)17-12(18)7-10-4-3-5-11(15)13(10)16/h3-5,8-9H,6-7H2,1-2H3,(H,17,18). The first-order chi connectivity index (χ1) is 8.40. The molecule has 0 aromatic heterocycles. The van der Waals surface area contributed by atoms with Gasteiger partial charge in [0, 0.05) is 17.0 Å². The van der Waals surface area contributed by atoms with Gasteiger partial charge >= 0.3 is 0 Å². The first-order valence-electron chi connectivity index (χ1n) is 5.76. The van der Waals surface area contributed by atoms with E-state index < -0.39 is 11.6 Å². The first-order valence-corrected chi connectivity index (χ1v) is 6.20. The van der Waals surface area contributed by atoms with Crippen molar-refractivity contribution in [1.29, 1.82) is 0 Å². The van der Waals surface area contributed by atoms with Crippen LogP contribution in [0.2, 0.25) is 0 Å². The second kappa shape index (κ2) is 6.69. The number of hydrogen-bond acceptors (Lipinski definition) is 1. The van der Waals surface area contributed by atoms with Crippen molar-refractivity contribution in [2.75, 3.05) is 0 Å². The van der Waals surface area contributed by atoms with Crippen molar-refractivity contribution < 1.29 is 13.6 Å². The van der Waals surface area contributed by atoms with Crippen LogP contribution in [-0.4, -0.2) is 17.3 Å². The summed E-state index contributed by atoms with van der Waals surface area (Å²) in [4.78, 5) is 11.6. The maximum atomic E-state index is 13.3. The normalized spacial score (nSPS) is 14.1. The molecule has 0 aliphatic heterocycles. The van der Waals surface area contributed by atoms with Crippen LogP contribution < -0.4 is 5.32 Å². The molecule has 0 radical (unpaired) electrons. The molecular weight excluding hydrogens is 260 g/mol. The number of carbonyl (C=O) groups excluding carboxylic acids is 1. The highest BCUT2D eigenvalue weighted by molar-refractivity contribution is 6.20. The van der Waals surface area contributed by atoms with Crippen molar-refractivity contribution in [2.45, 2.75) is 38.1 Å². The number of nitrogens with one attached hydrogen (secondary N) is 1. The number of rotatable bonds is 5. The van der Waals surface area contributed by atoms with Crippen LogP contribution in [0.25, 0.3) is 0 Å². The van der Waals surface area contributed by atoms with Crippen LogP contribution in [0.15, 0.2) is 18.2 Å². The fourth-order valence-corrected chi connectivity index (χ4v) is 2.00. The van der Waals surface area contributed by atoms with Gasteiger partial charge in [-0.3, -0.25) is 4.79 Å². The molecule has 1 aromatic carbocycles. The Labute approximate surface area is 110 Å².